The minimum absolute atomic E-state index is 0.0113. The van der Waals surface area contributed by atoms with Gasteiger partial charge < -0.3 is 25.2 Å². The molecule has 0 aliphatic heterocycles. The van der Waals surface area contributed by atoms with Gasteiger partial charge in [0.15, 0.2) is 0 Å². The first-order valence-electron chi connectivity index (χ1n) is 12.9. The number of pyridine rings is 1. The molecule has 0 spiro atoms. The van der Waals surface area contributed by atoms with E-state index in [2.05, 4.69) is 20.9 Å². The normalized spacial score (nSPS) is 11.7. The number of benzene rings is 2. The first-order chi connectivity index (χ1) is 19.5. The van der Waals surface area contributed by atoms with Crippen LogP contribution in [-0.2, 0) is 16.1 Å². The Hall–Kier alpha value is -4.03. The summed E-state index contributed by atoms with van der Waals surface area (Å²) in [7, 11) is 5.11. The number of nitrogens with zero attached hydrogens (tertiary/aromatic N) is 3. The lowest BCUT2D eigenvalue weighted by Crippen LogP contribution is -2.46. The monoisotopic (exact) mass is 590 g/mol. The van der Waals surface area contributed by atoms with Gasteiger partial charge in [0.25, 0.3) is 0 Å². The van der Waals surface area contributed by atoms with Gasteiger partial charge in [0.2, 0.25) is 5.91 Å². The van der Waals surface area contributed by atoms with Crippen LogP contribution in [0.5, 0.6) is 0 Å². The number of anilines is 1. The summed E-state index contributed by atoms with van der Waals surface area (Å²) in [5, 5.41) is 9.19. The molecule has 4 amide bonds. The Morgan fingerprint density at radius 3 is 2.59 bits per heavy atom. The summed E-state index contributed by atoms with van der Waals surface area (Å²) in [5.74, 6) is -0.972. The summed E-state index contributed by atoms with van der Waals surface area (Å²) in [5.41, 5.74) is 0.409. The molecule has 2 aromatic carbocycles. The number of urea groups is 1. The second-order valence-corrected chi connectivity index (χ2v) is 10.0. The third-order valence-corrected chi connectivity index (χ3v) is 6.57. The zero-order valence-corrected chi connectivity index (χ0v) is 23.8. The van der Waals surface area contributed by atoms with Gasteiger partial charge in [-0.1, -0.05) is 23.7 Å². The molecule has 220 valence electrons. The maximum absolute atomic E-state index is 13.8. The fourth-order valence-electron chi connectivity index (χ4n) is 3.94. The van der Waals surface area contributed by atoms with Gasteiger partial charge in [0.1, 0.15) is 24.1 Å². The Morgan fingerprint density at radius 2 is 1.83 bits per heavy atom. The highest BCUT2D eigenvalue weighted by molar-refractivity contribution is 6.31. The number of fused-ring (bicyclic) bond motifs is 1. The number of aromatic nitrogens is 1. The van der Waals surface area contributed by atoms with E-state index in [0.717, 1.165) is 0 Å². The lowest BCUT2D eigenvalue weighted by Gasteiger charge is -2.28. The third kappa shape index (κ3) is 9.83. The van der Waals surface area contributed by atoms with Crippen molar-refractivity contribution in [2.45, 2.75) is 25.4 Å². The number of rotatable bonds is 12. The lowest BCUT2D eigenvalue weighted by atomic mass is 10.1. The summed E-state index contributed by atoms with van der Waals surface area (Å²) in [6.45, 7) is 0.432. The van der Waals surface area contributed by atoms with Gasteiger partial charge in [-0.15, -0.1) is 0 Å². The van der Waals surface area contributed by atoms with E-state index in [1.165, 1.54) is 41.4 Å². The van der Waals surface area contributed by atoms with E-state index in [0.29, 0.717) is 35.7 Å². The molecular weight excluding hydrogens is 558 g/mol. The van der Waals surface area contributed by atoms with Crippen LogP contribution in [0.15, 0.2) is 48.7 Å². The Balaban J connectivity index is 1.60. The molecule has 1 heterocycles. The van der Waals surface area contributed by atoms with Gasteiger partial charge in [-0.05, 0) is 68.2 Å². The topological polar surface area (TPSA) is 116 Å². The van der Waals surface area contributed by atoms with Crippen molar-refractivity contribution in [1.82, 2.24) is 25.4 Å². The smallest absolute Gasteiger partial charge is 0.412 e. The number of amides is 4. The zero-order valence-electron chi connectivity index (χ0n) is 23.0. The molecule has 0 aliphatic carbocycles. The van der Waals surface area contributed by atoms with E-state index in [1.54, 1.807) is 38.2 Å². The van der Waals surface area contributed by atoms with Crippen LogP contribution in [0, 0.1) is 11.6 Å². The minimum atomic E-state index is -0.808. The molecule has 0 radical (unpaired) electrons. The molecule has 0 saturated heterocycles. The molecule has 13 heteroatoms. The fraction of sp³-hybridized carbons (Fsp3) is 0.357. The number of carbonyl (C=O) groups excluding carboxylic acids is 3. The average molecular weight is 591 g/mol. The van der Waals surface area contributed by atoms with Gasteiger partial charge in [0, 0.05) is 31.7 Å². The van der Waals surface area contributed by atoms with E-state index in [-0.39, 0.29) is 36.4 Å². The van der Waals surface area contributed by atoms with Crippen molar-refractivity contribution in [2.75, 3.05) is 46.2 Å². The van der Waals surface area contributed by atoms with Crippen LogP contribution >= 0.6 is 11.6 Å². The van der Waals surface area contributed by atoms with Crippen LogP contribution in [0.4, 0.5) is 24.2 Å². The van der Waals surface area contributed by atoms with Crippen LogP contribution in [0.3, 0.4) is 0 Å². The Labute approximate surface area is 242 Å². The van der Waals surface area contributed by atoms with E-state index in [1.807, 2.05) is 0 Å². The maximum Gasteiger partial charge on any atom is 0.412 e. The van der Waals surface area contributed by atoms with Crippen LogP contribution in [0.1, 0.15) is 18.4 Å². The SMILES string of the molecule is CN(C)CC(=O)NCCC[C@@H](COC(=O)Nc1cc2cc(F)ccc2cn1)N(C)C(=O)NCc1cccc(F)c1Cl. The quantitative estimate of drug-likeness (QED) is 0.270. The Kier molecular flexibility index (Phi) is 11.6. The van der Waals surface area contributed by atoms with E-state index < -0.39 is 29.8 Å². The number of ether oxygens (including phenoxy) is 1. The van der Waals surface area contributed by atoms with Gasteiger partial charge >= 0.3 is 12.1 Å². The molecule has 41 heavy (non-hydrogen) atoms. The van der Waals surface area contributed by atoms with E-state index in [4.69, 9.17) is 16.3 Å². The Morgan fingerprint density at radius 1 is 1.05 bits per heavy atom. The van der Waals surface area contributed by atoms with E-state index >= 15 is 0 Å². The standard InChI is InChI=1S/C28H33ClF2N6O4/c1-36(2)16-25(38)32-11-5-7-22(37(3)27(39)34-15-19-6-4-8-23(31)26(19)29)17-41-28(40)35-24-13-20-12-21(30)10-9-18(20)14-33-24/h4,6,8-10,12-14,22H,5,7,11,15-17H2,1-3H3,(H,32,38)(H,34,39)(H,33,35,40)/t22-/m0/s1. The van der Waals surface area contributed by atoms with Crippen LogP contribution in [0.2, 0.25) is 5.02 Å². The summed E-state index contributed by atoms with van der Waals surface area (Å²) < 4.78 is 32.7. The van der Waals surface area contributed by atoms with Crippen LogP contribution in [-0.4, -0.2) is 79.7 Å². The largest absolute Gasteiger partial charge is 0.447 e. The summed E-state index contributed by atoms with van der Waals surface area (Å²) >= 11 is 5.99. The number of likely N-dealkylation sites (N-methyl/N-ethyl adjacent to an activating group) is 2. The third-order valence-electron chi connectivity index (χ3n) is 6.15. The summed E-state index contributed by atoms with van der Waals surface area (Å²) in [6.07, 6.45) is 1.59. The molecule has 3 rings (SSSR count). The molecule has 3 aromatic rings. The van der Waals surface area contributed by atoms with Gasteiger partial charge in [-0.3, -0.25) is 10.1 Å². The number of nitrogens with one attached hydrogen (secondary N) is 3. The number of hydrogen-bond acceptors (Lipinski definition) is 6. The average Bonchev–Trinajstić information content (AvgIpc) is 2.92. The van der Waals surface area contributed by atoms with Crippen LogP contribution < -0.4 is 16.0 Å². The first-order valence-corrected chi connectivity index (χ1v) is 13.3. The number of carbonyl (C=O) groups is 3. The lowest BCUT2D eigenvalue weighted by molar-refractivity contribution is -0.121. The molecular formula is C28H33ClF2N6O4. The minimum Gasteiger partial charge on any atom is -0.447 e. The highest BCUT2D eigenvalue weighted by Crippen LogP contribution is 2.20. The van der Waals surface area contributed by atoms with Crippen molar-refractivity contribution in [3.8, 4) is 0 Å². The second-order valence-electron chi connectivity index (χ2n) is 9.65. The molecule has 0 fully saturated rings. The molecule has 3 N–H and O–H groups in total. The fourth-order valence-corrected chi connectivity index (χ4v) is 4.13. The Bertz CT molecular complexity index is 1380. The number of hydrogen-bond donors (Lipinski definition) is 3. The summed E-state index contributed by atoms with van der Waals surface area (Å²) in [6, 6.07) is 9.00. The van der Waals surface area contributed by atoms with Crippen LogP contribution in [0.25, 0.3) is 10.8 Å². The van der Waals surface area contributed by atoms with Gasteiger partial charge in [0.05, 0.1) is 17.6 Å². The van der Waals surface area contributed by atoms with Crippen molar-refractivity contribution in [1.29, 1.82) is 0 Å². The van der Waals surface area contributed by atoms with Crippen molar-refractivity contribution < 1.29 is 27.9 Å². The van der Waals surface area contributed by atoms with Gasteiger partial charge in [-0.25, -0.2) is 23.4 Å². The molecule has 0 aliphatic rings. The molecule has 0 bridgehead atoms. The predicted molar refractivity (Wildman–Crippen MR) is 153 cm³/mol. The van der Waals surface area contributed by atoms with Gasteiger partial charge in [-0.2, -0.15) is 0 Å². The van der Waals surface area contributed by atoms with Crippen molar-refractivity contribution in [3.63, 3.8) is 0 Å². The van der Waals surface area contributed by atoms with Crippen molar-refractivity contribution in [2.24, 2.45) is 0 Å². The van der Waals surface area contributed by atoms with Crippen molar-refractivity contribution >= 4 is 46.2 Å². The molecule has 10 nitrogen and oxygen atoms in total. The highest BCUT2D eigenvalue weighted by Gasteiger charge is 2.22. The molecule has 1 aromatic heterocycles. The zero-order chi connectivity index (χ0) is 29.9. The predicted octanol–water partition coefficient (Wildman–Crippen LogP) is 4.38. The highest BCUT2D eigenvalue weighted by atomic mass is 35.5. The molecule has 0 unspecified atom stereocenters. The van der Waals surface area contributed by atoms with Crippen molar-refractivity contribution in [3.05, 3.63) is 70.9 Å². The number of halogens is 3. The summed E-state index contributed by atoms with van der Waals surface area (Å²) in [4.78, 5) is 44.6. The second kappa shape index (κ2) is 15.1. The van der Waals surface area contributed by atoms with E-state index in [9.17, 15) is 23.2 Å². The molecule has 1 atom stereocenters. The molecule has 0 saturated carbocycles. The maximum atomic E-state index is 13.8. The first kappa shape index (κ1) is 31.5.